The van der Waals surface area contributed by atoms with Crippen LogP contribution in [0.5, 0.6) is 0 Å². The molecule has 1 aromatic rings. The smallest absolute Gasteiger partial charge is 0.238 e. The van der Waals surface area contributed by atoms with E-state index in [-0.39, 0.29) is 4.90 Å². The zero-order chi connectivity index (χ0) is 14.0. The van der Waals surface area contributed by atoms with Crippen molar-refractivity contribution in [3.8, 4) is 0 Å². The zero-order valence-electron chi connectivity index (χ0n) is 11.1. The Morgan fingerprint density at radius 2 is 2.00 bits per heavy atom. The number of hydrogen-bond acceptors (Lipinski definition) is 4. The summed E-state index contributed by atoms with van der Waals surface area (Å²) in [6.45, 7) is 2.24. The second kappa shape index (κ2) is 5.38. The maximum absolute atomic E-state index is 11.4. The molecule has 5 nitrogen and oxygen atoms in total. The van der Waals surface area contributed by atoms with E-state index >= 15 is 0 Å². The predicted octanol–water partition coefficient (Wildman–Crippen LogP) is 1.91. The molecule has 0 amide bonds. The minimum atomic E-state index is -3.72. The van der Waals surface area contributed by atoms with Gasteiger partial charge in [0.2, 0.25) is 10.0 Å². The van der Waals surface area contributed by atoms with Gasteiger partial charge in [-0.1, -0.05) is 19.8 Å². The molecule has 0 saturated heterocycles. The van der Waals surface area contributed by atoms with Crippen LogP contribution in [-0.2, 0) is 10.0 Å². The molecule has 0 radical (unpaired) electrons. The second-order valence-electron chi connectivity index (χ2n) is 5.45. The largest absolute Gasteiger partial charge is 0.399 e. The Balaban J connectivity index is 2.18. The minimum absolute atomic E-state index is 0.0545. The molecule has 1 aliphatic rings. The van der Waals surface area contributed by atoms with Crippen molar-refractivity contribution in [1.82, 2.24) is 0 Å². The van der Waals surface area contributed by atoms with E-state index in [9.17, 15) is 8.42 Å². The van der Waals surface area contributed by atoms with Gasteiger partial charge in [0.15, 0.2) is 0 Å². The SMILES string of the molecule is CC1CCCC(Nc2cc(N)cc(S(N)(=O)=O)c2)C1. The lowest BCUT2D eigenvalue weighted by Gasteiger charge is -2.28. The van der Waals surface area contributed by atoms with Crippen molar-refractivity contribution in [3.05, 3.63) is 18.2 Å². The Bertz CT molecular complexity index is 557. The molecule has 0 heterocycles. The fourth-order valence-corrected chi connectivity index (χ4v) is 3.26. The molecule has 0 bridgehead atoms. The van der Waals surface area contributed by atoms with Crippen molar-refractivity contribution in [2.24, 2.45) is 11.1 Å². The topological polar surface area (TPSA) is 98.2 Å². The first-order valence-corrected chi connectivity index (χ1v) is 8.09. The summed E-state index contributed by atoms with van der Waals surface area (Å²) in [5.41, 5.74) is 6.85. The van der Waals surface area contributed by atoms with E-state index in [0.29, 0.717) is 17.6 Å². The van der Waals surface area contributed by atoms with Crippen LogP contribution in [0.25, 0.3) is 0 Å². The first kappa shape index (κ1) is 14.1. The maximum atomic E-state index is 11.4. The number of anilines is 2. The van der Waals surface area contributed by atoms with Gasteiger partial charge in [-0.15, -0.1) is 0 Å². The molecule has 19 heavy (non-hydrogen) atoms. The second-order valence-corrected chi connectivity index (χ2v) is 7.01. The highest BCUT2D eigenvalue weighted by molar-refractivity contribution is 7.89. The highest BCUT2D eigenvalue weighted by Crippen LogP contribution is 2.27. The summed E-state index contributed by atoms with van der Waals surface area (Å²) in [5.74, 6) is 0.699. The van der Waals surface area contributed by atoms with Gasteiger partial charge in [-0.25, -0.2) is 13.6 Å². The van der Waals surface area contributed by atoms with Crippen LogP contribution in [-0.4, -0.2) is 14.5 Å². The first-order chi connectivity index (χ1) is 8.84. The van der Waals surface area contributed by atoms with Crippen molar-refractivity contribution in [2.45, 2.75) is 43.5 Å². The van der Waals surface area contributed by atoms with Gasteiger partial charge < -0.3 is 11.1 Å². The number of nitrogen functional groups attached to an aromatic ring is 1. The van der Waals surface area contributed by atoms with Crippen LogP contribution >= 0.6 is 0 Å². The lowest BCUT2D eigenvalue weighted by Crippen LogP contribution is -2.26. The van der Waals surface area contributed by atoms with Crippen LogP contribution in [0.3, 0.4) is 0 Å². The van der Waals surface area contributed by atoms with Crippen LogP contribution in [0.15, 0.2) is 23.1 Å². The fourth-order valence-electron chi connectivity index (χ4n) is 2.67. The molecular weight excluding hydrogens is 262 g/mol. The third kappa shape index (κ3) is 3.84. The average Bonchev–Trinajstić information content (AvgIpc) is 2.26. The van der Waals surface area contributed by atoms with Gasteiger partial charge in [0.1, 0.15) is 0 Å². The van der Waals surface area contributed by atoms with Crippen molar-refractivity contribution in [3.63, 3.8) is 0 Å². The maximum Gasteiger partial charge on any atom is 0.238 e. The number of benzene rings is 1. The van der Waals surface area contributed by atoms with Crippen molar-refractivity contribution >= 4 is 21.4 Å². The lowest BCUT2D eigenvalue weighted by molar-refractivity contribution is 0.358. The fraction of sp³-hybridized carbons (Fsp3) is 0.538. The van der Waals surface area contributed by atoms with Gasteiger partial charge in [0, 0.05) is 17.4 Å². The Labute approximate surface area is 114 Å². The Morgan fingerprint density at radius 1 is 1.26 bits per heavy atom. The quantitative estimate of drug-likeness (QED) is 0.738. The molecular formula is C13H21N3O2S. The van der Waals surface area contributed by atoms with E-state index in [0.717, 1.165) is 18.5 Å². The molecule has 2 rings (SSSR count). The molecule has 2 atom stereocenters. The summed E-state index contributed by atoms with van der Waals surface area (Å²) < 4.78 is 22.8. The van der Waals surface area contributed by atoms with E-state index in [4.69, 9.17) is 10.9 Å². The Morgan fingerprint density at radius 3 is 2.63 bits per heavy atom. The van der Waals surface area contributed by atoms with Gasteiger partial charge in [-0.05, 0) is 37.0 Å². The number of nitrogens with two attached hydrogens (primary N) is 2. The van der Waals surface area contributed by atoms with Gasteiger partial charge in [-0.2, -0.15) is 0 Å². The number of primary sulfonamides is 1. The molecule has 1 aliphatic carbocycles. The molecule has 5 N–H and O–H groups in total. The summed E-state index contributed by atoms with van der Waals surface area (Å²) >= 11 is 0. The summed E-state index contributed by atoms with van der Waals surface area (Å²) in [7, 11) is -3.72. The van der Waals surface area contributed by atoms with E-state index in [1.807, 2.05) is 0 Å². The molecule has 1 saturated carbocycles. The summed E-state index contributed by atoms with van der Waals surface area (Å²) in [6.07, 6.45) is 4.66. The number of sulfonamides is 1. The summed E-state index contributed by atoms with van der Waals surface area (Å²) in [5, 5.41) is 8.50. The van der Waals surface area contributed by atoms with Crippen LogP contribution in [0.4, 0.5) is 11.4 Å². The van der Waals surface area contributed by atoms with Crippen LogP contribution < -0.4 is 16.2 Å². The Hall–Kier alpha value is -1.27. The van der Waals surface area contributed by atoms with E-state index in [1.54, 1.807) is 12.1 Å². The van der Waals surface area contributed by atoms with E-state index < -0.39 is 10.0 Å². The first-order valence-electron chi connectivity index (χ1n) is 6.54. The molecule has 0 aromatic heterocycles. The molecule has 106 valence electrons. The van der Waals surface area contributed by atoms with Crippen molar-refractivity contribution in [2.75, 3.05) is 11.1 Å². The molecule has 1 aromatic carbocycles. The molecule has 0 aliphatic heterocycles. The van der Waals surface area contributed by atoms with Gasteiger partial charge in [0.25, 0.3) is 0 Å². The highest BCUT2D eigenvalue weighted by atomic mass is 32.2. The molecule has 6 heteroatoms. The van der Waals surface area contributed by atoms with E-state index in [2.05, 4.69) is 12.2 Å². The minimum Gasteiger partial charge on any atom is -0.399 e. The summed E-state index contributed by atoms with van der Waals surface area (Å²) in [6, 6.07) is 5.04. The standard InChI is InChI=1S/C13H21N3O2S/c1-9-3-2-4-11(5-9)16-12-6-10(14)7-13(8-12)19(15,17)18/h6-9,11,16H,2-5,14H2,1H3,(H2,15,17,18). The van der Waals surface area contributed by atoms with Crippen LogP contribution in [0, 0.1) is 5.92 Å². The third-order valence-corrected chi connectivity index (χ3v) is 4.46. The molecule has 0 spiro atoms. The highest BCUT2D eigenvalue weighted by Gasteiger charge is 2.19. The third-order valence-electron chi connectivity index (χ3n) is 3.56. The Kier molecular flexibility index (Phi) is 4.01. The van der Waals surface area contributed by atoms with Crippen molar-refractivity contribution in [1.29, 1.82) is 0 Å². The number of rotatable bonds is 3. The molecule has 2 unspecified atom stereocenters. The van der Waals surface area contributed by atoms with Gasteiger partial charge in [0.05, 0.1) is 4.90 Å². The predicted molar refractivity (Wildman–Crippen MR) is 77.3 cm³/mol. The van der Waals surface area contributed by atoms with E-state index in [1.165, 1.54) is 18.9 Å². The average molecular weight is 283 g/mol. The molecule has 1 fully saturated rings. The summed E-state index contributed by atoms with van der Waals surface area (Å²) in [4.78, 5) is 0.0545. The van der Waals surface area contributed by atoms with Gasteiger partial charge >= 0.3 is 0 Å². The normalized spacial score (nSPS) is 24.1. The van der Waals surface area contributed by atoms with Gasteiger partial charge in [-0.3, -0.25) is 0 Å². The zero-order valence-corrected chi connectivity index (χ0v) is 11.9. The monoisotopic (exact) mass is 283 g/mol. The number of hydrogen-bond donors (Lipinski definition) is 3. The number of nitrogens with one attached hydrogen (secondary N) is 1. The van der Waals surface area contributed by atoms with Crippen LogP contribution in [0.2, 0.25) is 0 Å². The van der Waals surface area contributed by atoms with Crippen molar-refractivity contribution < 1.29 is 8.42 Å². The lowest BCUT2D eigenvalue weighted by atomic mass is 9.87. The van der Waals surface area contributed by atoms with Crippen LogP contribution in [0.1, 0.15) is 32.6 Å².